The lowest BCUT2D eigenvalue weighted by Gasteiger charge is -2.23. The summed E-state index contributed by atoms with van der Waals surface area (Å²) in [6.07, 6.45) is -0.270. The van der Waals surface area contributed by atoms with Crippen molar-refractivity contribution in [3.63, 3.8) is 0 Å². The molecular weight excluding hydrogens is 264 g/mol. The number of carbonyl (C=O) groups excluding carboxylic acids is 3. The maximum atomic E-state index is 12.0. The third-order valence-electron chi connectivity index (χ3n) is 2.74. The Labute approximate surface area is 118 Å². The highest BCUT2D eigenvalue weighted by Crippen LogP contribution is 2.05. The molecule has 0 radical (unpaired) electrons. The van der Waals surface area contributed by atoms with E-state index in [1.807, 2.05) is 0 Å². The molecule has 0 saturated heterocycles. The number of Topliss-reactive ketones (excluding diaryl/α,β-unsaturated/α-hetero) is 1. The third kappa shape index (κ3) is 6.86. The number of amides is 2. The molecule has 0 spiro atoms. The van der Waals surface area contributed by atoms with E-state index in [-0.39, 0.29) is 24.5 Å². The minimum Gasteiger partial charge on any atom is -0.481 e. The Balaban J connectivity index is 4.79. The average Bonchev–Trinajstić information content (AvgIpc) is 2.29. The fourth-order valence-electron chi connectivity index (χ4n) is 1.77. The van der Waals surface area contributed by atoms with Gasteiger partial charge in [-0.05, 0) is 19.3 Å². The molecule has 0 aliphatic heterocycles. The summed E-state index contributed by atoms with van der Waals surface area (Å²) in [6, 6.07) is -1.60. The first-order valence-electron chi connectivity index (χ1n) is 6.44. The molecule has 0 aliphatic rings. The number of nitrogens with one attached hydrogen (secondary N) is 2. The second-order valence-electron chi connectivity index (χ2n) is 5.03. The number of carbonyl (C=O) groups is 4. The van der Waals surface area contributed by atoms with Gasteiger partial charge in [-0.25, -0.2) is 0 Å². The van der Waals surface area contributed by atoms with Crippen LogP contribution in [0.5, 0.6) is 0 Å². The fraction of sp³-hybridized carbons (Fsp3) is 0.692. The van der Waals surface area contributed by atoms with Crippen molar-refractivity contribution in [3.8, 4) is 0 Å². The molecule has 0 aliphatic carbocycles. The molecule has 0 saturated carbocycles. The van der Waals surface area contributed by atoms with Crippen molar-refractivity contribution in [1.82, 2.24) is 10.6 Å². The van der Waals surface area contributed by atoms with Gasteiger partial charge < -0.3 is 15.7 Å². The highest BCUT2D eigenvalue weighted by molar-refractivity contribution is 5.92. The number of hydrogen-bond acceptors (Lipinski definition) is 4. The van der Waals surface area contributed by atoms with Gasteiger partial charge in [0.25, 0.3) is 0 Å². The lowest BCUT2D eigenvalue weighted by Crippen LogP contribution is -2.52. The molecule has 2 unspecified atom stereocenters. The Hall–Kier alpha value is -1.92. The molecule has 0 rings (SSSR count). The van der Waals surface area contributed by atoms with Crippen LogP contribution in [-0.2, 0) is 19.2 Å². The van der Waals surface area contributed by atoms with E-state index in [2.05, 4.69) is 10.6 Å². The molecule has 0 aromatic carbocycles. The minimum atomic E-state index is -1.06. The Bertz CT molecular complexity index is 392. The first-order chi connectivity index (χ1) is 9.15. The van der Waals surface area contributed by atoms with E-state index >= 15 is 0 Å². The van der Waals surface area contributed by atoms with Gasteiger partial charge in [-0.1, -0.05) is 13.8 Å². The number of ketones is 1. The molecule has 2 atom stereocenters. The largest absolute Gasteiger partial charge is 0.481 e. The summed E-state index contributed by atoms with van der Waals surface area (Å²) in [5, 5.41) is 13.6. The van der Waals surface area contributed by atoms with Crippen LogP contribution in [0.1, 0.15) is 40.5 Å². The molecule has 7 heteroatoms. The zero-order chi connectivity index (χ0) is 15.9. The predicted octanol–water partition coefficient (Wildman–Crippen LogP) is 0.0857. The van der Waals surface area contributed by atoms with Crippen LogP contribution in [0.15, 0.2) is 0 Å². The first-order valence-corrected chi connectivity index (χ1v) is 6.44. The number of carboxylic acids is 1. The van der Waals surface area contributed by atoms with Crippen molar-refractivity contribution < 1.29 is 24.3 Å². The normalized spacial score (nSPS) is 13.4. The van der Waals surface area contributed by atoms with E-state index in [4.69, 9.17) is 5.11 Å². The smallest absolute Gasteiger partial charge is 0.303 e. The lowest BCUT2D eigenvalue weighted by molar-refractivity contribution is -0.138. The van der Waals surface area contributed by atoms with Gasteiger partial charge in [0.15, 0.2) is 5.78 Å². The summed E-state index contributed by atoms with van der Waals surface area (Å²) < 4.78 is 0. The lowest BCUT2D eigenvalue weighted by atomic mass is 10.00. The molecule has 7 nitrogen and oxygen atoms in total. The van der Waals surface area contributed by atoms with E-state index in [1.165, 1.54) is 13.8 Å². The summed E-state index contributed by atoms with van der Waals surface area (Å²) in [4.78, 5) is 45.1. The van der Waals surface area contributed by atoms with E-state index < -0.39 is 29.9 Å². The van der Waals surface area contributed by atoms with E-state index in [0.29, 0.717) is 0 Å². The number of aliphatic carboxylic acids is 1. The number of carboxylic acid groups (broad SMARTS) is 1. The SMILES string of the molecule is CC(=O)NC(CCC(=O)O)C(=O)NC(C(C)=O)C(C)C. The van der Waals surface area contributed by atoms with Crippen LogP contribution in [0, 0.1) is 5.92 Å². The molecule has 0 aromatic heterocycles. The van der Waals surface area contributed by atoms with Crippen LogP contribution in [0.2, 0.25) is 0 Å². The number of rotatable bonds is 8. The monoisotopic (exact) mass is 286 g/mol. The molecule has 2 amide bonds. The van der Waals surface area contributed by atoms with Crippen molar-refractivity contribution in [2.45, 2.75) is 52.6 Å². The Morgan fingerprint density at radius 3 is 1.95 bits per heavy atom. The van der Waals surface area contributed by atoms with Crippen LogP contribution in [0.4, 0.5) is 0 Å². The van der Waals surface area contributed by atoms with Crippen LogP contribution in [0.25, 0.3) is 0 Å². The van der Waals surface area contributed by atoms with Crippen molar-refractivity contribution in [2.24, 2.45) is 5.92 Å². The highest BCUT2D eigenvalue weighted by Gasteiger charge is 2.26. The zero-order valence-electron chi connectivity index (χ0n) is 12.2. The standard InChI is InChI=1S/C13H22N2O5/c1-7(2)12(8(3)16)15-13(20)10(14-9(4)17)5-6-11(18)19/h7,10,12H,5-6H2,1-4H3,(H,14,17)(H,15,20)(H,18,19). The molecule has 0 fully saturated rings. The van der Waals surface area contributed by atoms with Crippen molar-refractivity contribution in [3.05, 3.63) is 0 Å². The molecule has 114 valence electrons. The third-order valence-corrected chi connectivity index (χ3v) is 2.74. The molecule has 0 bridgehead atoms. The average molecular weight is 286 g/mol. The quantitative estimate of drug-likeness (QED) is 0.585. The zero-order valence-corrected chi connectivity index (χ0v) is 12.2. The predicted molar refractivity (Wildman–Crippen MR) is 71.9 cm³/mol. The second kappa shape index (κ2) is 8.29. The van der Waals surface area contributed by atoms with Crippen LogP contribution >= 0.6 is 0 Å². The fourth-order valence-corrected chi connectivity index (χ4v) is 1.77. The van der Waals surface area contributed by atoms with Gasteiger partial charge >= 0.3 is 5.97 Å². The van der Waals surface area contributed by atoms with Gasteiger partial charge in [0.05, 0.1) is 6.04 Å². The van der Waals surface area contributed by atoms with Gasteiger partial charge in [0.2, 0.25) is 11.8 Å². The van der Waals surface area contributed by atoms with E-state index in [0.717, 1.165) is 0 Å². The molecular formula is C13H22N2O5. The summed E-state index contributed by atoms with van der Waals surface area (Å²) in [7, 11) is 0. The van der Waals surface area contributed by atoms with Gasteiger partial charge in [-0.15, -0.1) is 0 Å². The van der Waals surface area contributed by atoms with Crippen molar-refractivity contribution >= 4 is 23.6 Å². The Morgan fingerprint density at radius 1 is 1.05 bits per heavy atom. The molecule has 3 N–H and O–H groups in total. The van der Waals surface area contributed by atoms with Gasteiger partial charge in [0, 0.05) is 13.3 Å². The molecule has 0 aromatic rings. The first kappa shape index (κ1) is 18.1. The van der Waals surface area contributed by atoms with E-state index in [1.54, 1.807) is 13.8 Å². The van der Waals surface area contributed by atoms with Crippen LogP contribution in [0.3, 0.4) is 0 Å². The van der Waals surface area contributed by atoms with Crippen molar-refractivity contribution in [1.29, 1.82) is 0 Å². The highest BCUT2D eigenvalue weighted by atomic mass is 16.4. The van der Waals surface area contributed by atoms with Gasteiger partial charge in [0.1, 0.15) is 6.04 Å². The van der Waals surface area contributed by atoms with Crippen LogP contribution < -0.4 is 10.6 Å². The molecule has 0 heterocycles. The Kier molecular flexibility index (Phi) is 7.49. The minimum absolute atomic E-state index is 0.0243. The van der Waals surface area contributed by atoms with Crippen LogP contribution in [-0.4, -0.2) is 40.8 Å². The van der Waals surface area contributed by atoms with Gasteiger partial charge in [-0.3, -0.25) is 19.2 Å². The Morgan fingerprint density at radius 2 is 1.60 bits per heavy atom. The molecule has 20 heavy (non-hydrogen) atoms. The topological polar surface area (TPSA) is 113 Å². The van der Waals surface area contributed by atoms with Crippen molar-refractivity contribution in [2.75, 3.05) is 0 Å². The maximum Gasteiger partial charge on any atom is 0.303 e. The van der Waals surface area contributed by atoms with Gasteiger partial charge in [-0.2, -0.15) is 0 Å². The number of hydrogen-bond donors (Lipinski definition) is 3. The second-order valence-corrected chi connectivity index (χ2v) is 5.03. The summed E-state index contributed by atoms with van der Waals surface area (Å²) >= 11 is 0. The summed E-state index contributed by atoms with van der Waals surface area (Å²) in [5.74, 6) is -2.31. The summed E-state index contributed by atoms with van der Waals surface area (Å²) in [6.45, 7) is 6.19. The van der Waals surface area contributed by atoms with E-state index in [9.17, 15) is 19.2 Å². The summed E-state index contributed by atoms with van der Waals surface area (Å²) in [5.41, 5.74) is 0. The maximum absolute atomic E-state index is 12.0.